The molecule has 1 aromatic heterocycles. The van der Waals surface area contributed by atoms with Crippen molar-refractivity contribution in [3.63, 3.8) is 0 Å². The lowest BCUT2D eigenvalue weighted by molar-refractivity contribution is -0.170. The normalized spacial score (nSPS) is 11.5. The van der Waals surface area contributed by atoms with E-state index in [2.05, 4.69) is 0 Å². The van der Waals surface area contributed by atoms with Gasteiger partial charge in [-0.05, 0) is 23.9 Å². The van der Waals surface area contributed by atoms with Crippen LogP contribution in [0.4, 0.5) is 18.2 Å². The third-order valence-electron chi connectivity index (χ3n) is 1.69. The average molecular weight is 223 g/mol. The highest BCUT2D eigenvalue weighted by atomic mass is 32.1. The zero-order valence-corrected chi connectivity index (χ0v) is 8.37. The first-order valence-electron chi connectivity index (χ1n) is 3.73. The van der Waals surface area contributed by atoms with Crippen molar-refractivity contribution in [2.75, 3.05) is 11.9 Å². The van der Waals surface area contributed by atoms with Crippen LogP contribution in [0.3, 0.4) is 0 Å². The molecule has 0 unspecified atom stereocenters. The van der Waals surface area contributed by atoms with Crippen molar-refractivity contribution >= 4 is 22.2 Å². The van der Waals surface area contributed by atoms with Gasteiger partial charge in [-0.2, -0.15) is 13.2 Å². The molecule has 0 aliphatic carbocycles. The van der Waals surface area contributed by atoms with Crippen molar-refractivity contribution in [3.05, 3.63) is 17.0 Å². The van der Waals surface area contributed by atoms with E-state index in [0.717, 1.165) is 18.4 Å². The molecule has 0 fully saturated rings. The fourth-order valence-electron chi connectivity index (χ4n) is 0.991. The van der Waals surface area contributed by atoms with Gasteiger partial charge in [0.05, 0.1) is 0 Å². The van der Waals surface area contributed by atoms with E-state index >= 15 is 0 Å². The molecule has 1 heterocycles. The third kappa shape index (κ3) is 2.06. The van der Waals surface area contributed by atoms with Gasteiger partial charge in [-0.3, -0.25) is 9.69 Å². The molecule has 1 rings (SSSR count). The minimum Gasteiger partial charge on any atom is -0.299 e. The predicted octanol–water partition coefficient (Wildman–Crippen LogP) is 2.58. The van der Waals surface area contributed by atoms with Gasteiger partial charge < -0.3 is 0 Å². The number of aryl methyl sites for hydroxylation is 1. The molecule has 6 heteroatoms. The first-order valence-corrected chi connectivity index (χ1v) is 4.61. The van der Waals surface area contributed by atoms with Crippen molar-refractivity contribution < 1.29 is 18.0 Å². The van der Waals surface area contributed by atoms with Gasteiger partial charge in [-0.1, -0.05) is 0 Å². The summed E-state index contributed by atoms with van der Waals surface area (Å²) in [6.07, 6.45) is -4.81. The van der Waals surface area contributed by atoms with Crippen LogP contribution < -0.4 is 4.90 Å². The molecule has 1 amide bonds. The Morgan fingerprint density at radius 1 is 1.50 bits per heavy atom. The molecule has 14 heavy (non-hydrogen) atoms. The number of rotatable bonds is 1. The van der Waals surface area contributed by atoms with Crippen LogP contribution in [0.25, 0.3) is 0 Å². The number of hydrogen-bond donors (Lipinski definition) is 0. The molecule has 0 atom stereocenters. The maximum absolute atomic E-state index is 12.0. The SMILES string of the molecule is Cc1ccsc1N(C)C(=O)C(F)(F)F. The van der Waals surface area contributed by atoms with Crippen molar-refractivity contribution in [3.8, 4) is 0 Å². The Morgan fingerprint density at radius 2 is 2.07 bits per heavy atom. The molecule has 0 aromatic carbocycles. The van der Waals surface area contributed by atoms with E-state index in [9.17, 15) is 18.0 Å². The van der Waals surface area contributed by atoms with Crippen LogP contribution in [-0.2, 0) is 4.79 Å². The molecule has 0 N–H and O–H groups in total. The molecule has 0 radical (unpaired) electrons. The van der Waals surface area contributed by atoms with Crippen molar-refractivity contribution in [2.45, 2.75) is 13.1 Å². The zero-order chi connectivity index (χ0) is 10.9. The number of amides is 1. The van der Waals surface area contributed by atoms with E-state index < -0.39 is 12.1 Å². The van der Waals surface area contributed by atoms with Gasteiger partial charge in [0.1, 0.15) is 5.00 Å². The monoisotopic (exact) mass is 223 g/mol. The van der Waals surface area contributed by atoms with Crippen LogP contribution in [0.2, 0.25) is 0 Å². The molecule has 0 bridgehead atoms. The summed E-state index contributed by atoms with van der Waals surface area (Å²) >= 11 is 1.11. The van der Waals surface area contributed by atoms with Crippen molar-refractivity contribution in [1.82, 2.24) is 0 Å². The van der Waals surface area contributed by atoms with Gasteiger partial charge in [0, 0.05) is 7.05 Å². The minimum atomic E-state index is -4.81. The molecule has 2 nitrogen and oxygen atoms in total. The van der Waals surface area contributed by atoms with Gasteiger partial charge in [-0.25, -0.2) is 0 Å². The molecule has 0 aliphatic heterocycles. The Labute approximate surface area is 82.9 Å². The number of halogens is 3. The maximum atomic E-state index is 12.0. The third-order valence-corrected chi connectivity index (χ3v) is 2.78. The van der Waals surface area contributed by atoms with Gasteiger partial charge in [0.25, 0.3) is 0 Å². The fourth-order valence-corrected chi connectivity index (χ4v) is 1.89. The highest BCUT2D eigenvalue weighted by molar-refractivity contribution is 7.14. The lowest BCUT2D eigenvalue weighted by Crippen LogP contribution is -2.38. The Morgan fingerprint density at radius 3 is 2.43 bits per heavy atom. The van der Waals surface area contributed by atoms with E-state index in [1.807, 2.05) is 0 Å². The smallest absolute Gasteiger partial charge is 0.299 e. The number of nitrogens with zero attached hydrogens (tertiary/aromatic N) is 1. The molecule has 1 aromatic rings. The number of carbonyl (C=O) groups is 1. The summed E-state index contributed by atoms with van der Waals surface area (Å²) in [6.45, 7) is 1.66. The Bertz CT molecular complexity index is 345. The second kappa shape index (κ2) is 3.61. The lowest BCUT2D eigenvalue weighted by Gasteiger charge is -2.17. The molecular weight excluding hydrogens is 215 g/mol. The molecule has 0 spiro atoms. The zero-order valence-electron chi connectivity index (χ0n) is 7.55. The summed E-state index contributed by atoms with van der Waals surface area (Å²) in [6, 6.07) is 1.67. The molecule has 0 aliphatic rings. The minimum absolute atomic E-state index is 0.326. The topological polar surface area (TPSA) is 20.3 Å². The van der Waals surface area contributed by atoms with Crippen LogP contribution >= 0.6 is 11.3 Å². The summed E-state index contributed by atoms with van der Waals surface area (Å²) < 4.78 is 36.1. The van der Waals surface area contributed by atoms with Gasteiger partial charge in [-0.15, -0.1) is 11.3 Å². The Kier molecular flexibility index (Phi) is 2.84. The standard InChI is InChI=1S/C8H8F3NOS/c1-5-3-4-14-6(5)12(2)7(13)8(9,10)11/h3-4H,1-2H3. The quantitative estimate of drug-likeness (QED) is 0.716. The van der Waals surface area contributed by atoms with Crippen LogP contribution in [0.5, 0.6) is 0 Å². The van der Waals surface area contributed by atoms with Gasteiger partial charge in [0.15, 0.2) is 0 Å². The summed E-state index contributed by atoms with van der Waals surface area (Å²) in [5.41, 5.74) is 0.662. The molecular formula is C8H8F3NOS. The molecule has 0 saturated carbocycles. The highest BCUT2D eigenvalue weighted by Gasteiger charge is 2.42. The summed E-state index contributed by atoms with van der Waals surface area (Å²) in [5.74, 6) is -1.84. The van der Waals surface area contributed by atoms with E-state index in [1.165, 1.54) is 0 Å². The van der Waals surface area contributed by atoms with Crippen LogP contribution in [0.15, 0.2) is 11.4 Å². The largest absolute Gasteiger partial charge is 0.471 e. The predicted molar refractivity (Wildman–Crippen MR) is 48.5 cm³/mol. The first-order chi connectivity index (χ1) is 6.34. The Hall–Kier alpha value is -1.04. The van der Waals surface area contributed by atoms with Gasteiger partial charge in [0.2, 0.25) is 0 Å². The lowest BCUT2D eigenvalue weighted by atomic mass is 10.3. The first kappa shape index (κ1) is 11.0. The summed E-state index contributed by atoms with van der Waals surface area (Å²) in [4.78, 5) is 11.4. The van der Waals surface area contributed by atoms with Gasteiger partial charge >= 0.3 is 12.1 Å². The van der Waals surface area contributed by atoms with Crippen molar-refractivity contribution in [2.24, 2.45) is 0 Å². The Balaban J connectivity index is 2.92. The second-order valence-electron chi connectivity index (χ2n) is 2.77. The van der Waals surface area contributed by atoms with Crippen LogP contribution in [0, 0.1) is 6.92 Å². The fraction of sp³-hybridized carbons (Fsp3) is 0.375. The number of hydrogen-bond acceptors (Lipinski definition) is 2. The van der Waals surface area contributed by atoms with E-state index in [4.69, 9.17) is 0 Å². The second-order valence-corrected chi connectivity index (χ2v) is 3.67. The number of alkyl halides is 3. The molecule has 0 saturated heterocycles. The van der Waals surface area contributed by atoms with Crippen LogP contribution in [-0.4, -0.2) is 19.1 Å². The highest BCUT2D eigenvalue weighted by Crippen LogP contribution is 2.29. The van der Waals surface area contributed by atoms with Crippen LogP contribution in [0.1, 0.15) is 5.56 Å². The maximum Gasteiger partial charge on any atom is 0.471 e. The number of carbonyl (C=O) groups excluding carboxylic acids is 1. The average Bonchev–Trinajstić information content (AvgIpc) is 2.47. The number of anilines is 1. The summed E-state index contributed by atoms with van der Waals surface area (Å²) in [7, 11) is 1.12. The number of thiophene rings is 1. The van der Waals surface area contributed by atoms with E-state index in [-0.39, 0.29) is 0 Å². The van der Waals surface area contributed by atoms with E-state index in [0.29, 0.717) is 15.5 Å². The van der Waals surface area contributed by atoms with Crippen molar-refractivity contribution in [1.29, 1.82) is 0 Å². The molecule has 78 valence electrons. The van der Waals surface area contributed by atoms with E-state index in [1.54, 1.807) is 18.4 Å². The summed E-state index contributed by atoms with van der Waals surface area (Å²) in [5, 5.41) is 1.97.